The fraction of sp³-hybridized carbons (Fsp3) is 0.680. The number of carbonyl (C=O) groups is 1. The highest BCUT2D eigenvalue weighted by Crippen LogP contribution is 2.30. The molecule has 1 amide bonds. The van der Waals surface area contributed by atoms with E-state index in [0.717, 1.165) is 31.0 Å². The van der Waals surface area contributed by atoms with Gasteiger partial charge in [-0.3, -0.25) is 9.11 Å². The maximum absolute atomic E-state index is 13.2. The fourth-order valence-corrected chi connectivity index (χ4v) is 4.62. The highest BCUT2D eigenvalue weighted by Gasteiger charge is 2.27. The van der Waals surface area contributed by atoms with Crippen LogP contribution >= 0.6 is 0 Å². The van der Waals surface area contributed by atoms with E-state index in [1.807, 2.05) is 79.0 Å². The molecule has 8 nitrogen and oxygen atoms in total. The third-order valence-electron chi connectivity index (χ3n) is 5.20. The zero-order chi connectivity index (χ0) is 25.7. The van der Waals surface area contributed by atoms with E-state index in [1.165, 1.54) is 0 Å². The van der Waals surface area contributed by atoms with Gasteiger partial charge in [0.05, 0.1) is 15.7 Å². The normalized spacial score (nSPS) is 16.1. The molecule has 34 heavy (non-hydrogen) atoms. The van der Waals surface area contributed by atoms with Crippen molar-refractivity contribution in [3.63, 3.8) is 0 Å². The molecule has 0 saturated carbocycles. The van der Waals surface area contributed by atoms with Crippen LogP contribution < -0.4 is 4.74 Å². The van der Waals surface area contributed by atoms with Gasteiger partial charge in [-0.15, -0.1) is 0 Å². The van der Waals surface area contributed by atoms with Crippen LogP contribution in [-0.2, 0) is 15.5 Å². The standard InChI is InChI=1S/C23H36N4O4S.C2H6/c1-17-15-24-20-14-18(19(16-27(17)20)32(29)23(5,6)7)30-13-12-25-8-10-26(11-9-25)21(28)31-22(2,3)4;1-2/h14-16H,8-13H2,1-7H3;1-2H3. The zero-order valence-corrected chi connectivity index (χ0v) is 23.1. The molecule has 0 N–H and O–H groups in total. The van der Waals surface area contributed by atoms with Gasteiger partial charge in [0, 0.05) is 61.6 Å². The van der Waals surface area contributed by atoms with Crippen LogP contribution in [0.15, 0.2) is 23.4 Å². The SMILES string of the molecule is CC.Cc1cnc2cc(OCCN3CCN(C(=O)OC(C)(C)C)CC3)c(S(=O)C(C)(C)C)cn12. The van der Waals surface area contributed by atoms with Gasteiger partial charge in [0.1, 0.15) is 23.6 Å². The predicted octanol–water partition coefficient (Wildman–Crippen LogP) is 4.51. The van der Waals surface area contributed by atoms with Crippen LogP contribution in [0, 0.1) is 6.92 Å². The number of rotatable bonds is 5. The topological polar surface area (TPSA) is 76.4 Å². The molecular weight excluding hydrogens is 452 g/mol. The molecule has 3 heterocycles. The summed E-state index contributed by atoms with van der Waals surface area (Å²) in [5, 5.41) is 0. The second-order valence-corrected chi connectivity index (χ2v) is 12.4. The Hall–Kier alpha value is -2.13. The highest BCUT2D eigenvalue weighted by atomic mass is 32.2. The Labute approximate surface area is 207 Å². The second-order valence-electron chi connectivity index (χ2n) is 10.2. The minimum absolute atomic E-state index is 0.258. The van der Waals surface area contributed by atoms with Gasteiger partial charge in [-0.25, -0.2) is 9.78 Å². The van der Waals surface area contributed by atoms with E-state index >= 15 is 0 Å². The number of aryl methyl sites for hydroxylation is 1. The number of pyridine rings is 1. The summed E-state index contributed by atoms with van der Waals surface area (Å²) in [6, 6.07) is 1.87. The predicted molar refractivity (Wildman–Crippen MR) is 137 cm³/mol. The number of aromatic nitrogens is 2. The van der Waals surface area contributed by atoms with Gasteiger partial charge >= 0.3 is 6.09 Å². The molecule has 9 heteroatoms. The quantitative estimate of drug-likeness (QED) is 0.609. The summed E-state index contributed by atoms with van der Waals surface area (Å²) in [6.45, 7) is 21.5. The van der Waals surface area contributed by atoms with E-state index < -0.39 is 21.1 Å². The number of ether oxygens (including phenoxy) is 2. The van der Waals surface area contributed by atoms with Gasteiger partial charge in [-0.05, 0) is 48.5 Å². The van der Waals surface area contributed by atoms with Crippen LogP contribution in [0.3, 0.4) is 0 Å². The molecule has 1 saturated heterocycles. The average Bonchev–Trinajstić information content (AvgIpc) is 3.12. The van der Waals surface area contributed by atoms with Crippen LogP contribution in [0.4, 0.5) is 4.79 Å². The molecule has 0 spiro atoms. The first-order valence-electron chi connectivity index (χ1n) is 12.1. The Bertz CT molecular complexity index is 983. The van der Waals surface area contributed by atoms with Crippen molar-refractivity contribution < 1.29 is 18.5 Å². The maximum Gasteiger partial charge on any atom is 0.410 e. The van der Waals surface area contributed by atoms with Crippen LogP contribution in [0.1, 0.15) is 61.1 Å². The molecule has 1 fully saturated rings. The minimum atomic E-state index is -1.23. The average molecular weight is 495 g/mol. The lowest BCUT2D eigenvalue weighted by atomic mass is 10.2. The summed E-state index contributed by atoms with van der Waals surface area (Å²) in [4.78, 5) is 21.3. The molecule has 1 unspecified atom stereocenters. The largest absolute Gasteiger partial charge is 0.491 e. The zero-order valence-electron chi connectivity index (χ0n) is 22.3. The van der Waals surface area contributed by atoms with Gasteiger partial charge in [-0.1, -0.05) is 13.8 Å². The number of amides is 1. The van der Waals surface area contributed by atoms with Crippen molar-refractivity contribution in [2.45, 2.75) is 77.6 Å². The van der Waals surface area contributed by atoms with Crippen LogP contribution in [0.25, 0.3) is 5.65 Å². The lowest BCUT2D eigenvalue weighted by molar-refractivity contribution is 0.0136. The molecule has 1 aliphatic heterocycles. The van der Waals surface area contributed by atoms with E-state index in [2.05, 4.69) is 9.88 Å². The Balaban J connectivity index is 0.00000199. The maximum atomic E-state index is 13.2. The first-order chi connectivity index (χ1) is 15.8. The van der Waals surface area contributed by atoms with Gasteiger partial charge in [0.2, 0.25) is 0 Å². The third kappa shape index (κ3) is 7.43. The van der Waals surface area contributed by atoms with Crippen molar-refractivity contribution in [2.75, 3.05) is 39.3 Å². The summed E-state index contributed by atoms with van der Waals surface area (Å²) in [6.07, 6.45) is 3.42. The number of imidazole rings is 1. The van der Waals surface area contributed by atoms with Crippen molar-refractivity contribution in [2.24, 2.45) is 0 Å². The van der Waals surface area contributed by atoms with Crippen molar-refractivity contribution in [1.29, 1.82) is 0 Å². The van der Waals surface area contributed by atoms with E-state index in [0.29, 0.717) is 30.3 Å². The summed E-state index contributed by atoms with van der Waals surface area (Å²) >= 11 is 0. The Kier molecular flexibility index (Phi) is 9.53. The summed E-state index contributed by atoms with van der Waals surface area (Å²) < 4.78 is 26.3. The number of carbonyl (C=O) groups excluding carboxylic acids is 1. The number of fused-ring (bicyclic) bond motifs is 1. The highest BCUT2D eigenvalue weighted by molar-refractivity contribution is 7.86. The molecule has 3 rings (SSSR count). The molecule has 0 radical (unpaired) electrons. The molecule has 2 aromatic heterocycles. The van der Waals surface area contributed by atoms with Crippen LogP contribution in [-0.4, -0.2) is 79.2 Å². The van der Waals surface area contributed by atoms with Crippen molar-refractivity contribution in [3.8, 4) is 5.75 Å². The lowest BCUT2D eigenvalue weighted by Gasteiger charge is -2.35. The van der Waals surface area contributed by atoms with Crippen LogP contribution in [0.2, 0.25) is 0 Å². The molecule has 0 bridgehead atoms. The van der Waals surface area contributed by atoms with Gasteiger partial charge in [0.15, 0.2) is 0 Å². The Morgan fingerprint density at radius 1 is 1.09 bits per heavy atom. The number of hydrogen-bond donors (Lipinski definition) is 0. The van der Waals surface area contributed by atoms with Gasteiger partial charge in [-0.2, -0.15) is 0 Å². The number of hydrogen-bond acceptors (Lipinski definition) is 6. The monoisotopic (exact) mass is 494 g/mol. The molecule has 192 valence electrons. The molecule has 1 aliphatic rings. The van der Waals surface area contributed by atoms with E-state index in [4.69, 9.17) is 9.47 Å². The molecule has 0 aromatic carbocycles. The Morgan fingerprint density at radius 2 is 1.71 bits per heavy atom. The molecule has 2 aromatic rings. The summed E-state index contributed by atoms with van der Waals surface area (Å²) in [7, 11) is -1.23. The number of piperazine rings is 1. The van der Waals surface area contributed by atoms with Crippen LogP contribution in [0.5, 0.6) is 5.75 Å². The van der Waals surface area contributed by atoms with E-state index in [-0.39, 0.29) is 6.09 Å². The molecule has 0 aliphatic carbocycles. The fourth-order valence-electron chi connectivity index (χ4n) is 3.46. The summed E-state index contributed by atoms with van der Waals surface area (Å²) in [5.74, 6) is 0.615. The first-order valence-corrected chi connectivity index (χ1v) is 13.2. The van der Waals surface area contributed by atoms with Gasteiger partial charge in [0.25, 0.3) is 0 Å². The Morgan fingerprint density at radius 3 is 2.26 bits per heavy atom. The lowest BCUT2D eigenvalue weighted by Crippen LogP contribution is -2.50. The van der Waals surface area contributed by atoms with E-state index in [9.17, 15) is 9.00 Å². The smallest absolute Gasteiger partial charge is 0.410 e. The number of nitrogens with zero attached hydrogens (tertiary/aromatic N) is 4. The van der Waals surface area contributed by atoms with Crippen molar-refractivity contribution >= 4 is 22.5 Å². The van der Waals surface area contributed by atoms with Crippen molar-refractivity contribution in [1.82, 2.24) is 19.2 Å². The first kappa shape index (κ1) is 28.1. The second kappa shape index (κ2) is 11.5. The third-order valence-corrected chi connectivity index (χ3v) is 7.02. The van der Waals surface area contributed by atoms with Gasteiger partial charge < -0.3 is 18.8 Å². The molecular formula is C25H42N4O4S. The summed E-state index contributed by atoms with van der Waals surface area (Å²) in [5.41, 5.74) is 1.28. The van der Waals surface area contributed by atoms with Crippen molar-refractivity contribution in [3.05, 3.63) is 24.2 Å². The van der Waals surface area contributed by atoms with E-state index in [1.54, 1.807) is 11.1 Å². The minimum Gasteiger partial charge on any atom is -0.491 e. The molecule has 1 atom stereocenters.